The van der Waals surface area contributed by atoms with Crippen molar-refractivity contribution in [1.29, 1.82) is 0 Å². The number of ether oxygens (including phenoxy) is 1. The molecule has 3 rings (SSSR count). The average Bonchev–Trinajstić information content (AvgIpc) is 3.10. The fourth-order valence-electron chi connectivity index (χ4n) is 4.15. The first-order chi connectivity index (χ1) is 12.6. The van der Waals surface area contributed by atoms with Crippen LogP contribution in [-0.2, 0) is 4.74 Å². The van der Waals surface area contributed by atoms with Crippen LogP contribution >= 0.6 is 0 Å². The molecule has 1 N–H and O–H groups in total. The van der Waals surface area contributed by atoms with Crippen molar-refractivity contribution in [2.45, 2.75) is 33.3 Å². The van der Waals surface area contributed by atoms with Crippen molar-refractivity contribution in [2.75, 3.05) is 52.9 Å². The lowest BCUT2D eigenvalue weighted by Crippen LogP contribution is -2.49. The van der Waals surface area contributed by atoms with Gasteiger partial charge in [0.15, 0.2) is 5.96 Å². The lowest BCUT2D eigenvalue weighted by atomic mass is 10.00. The molecule has 2 fully saturated rings. The molecule has 2 aliphatic heterocycles. The Morgan fingerprint density at radius 2 is 2.12 bits per heavy atom. The van der Waals surface area contributed by atoms with Gasteiger partial charge in [0.05, 0.1) is 13.2 Å². The molecule has 0 radical (unpaired) electrons. The number of nitrogens with one attached hydrogen (secondary N) is 1. The largest absolute Gasteiger partial charge is 0.370 e. The molecular weight excluding hydrogens is 324 g/mol. The molecular formula is C21H34N4O. The third kappa shape index (κ3) is 4.57. The van der Waals surface area contributed by atoms with Crippen molar-refractivity contribution in [1.82, 2.24) is 15.1 Å². The third-order valence-electron chi connectivity index (χ3n) is 5.72. The highest BCUT2D eigenvalue weighted by Crippen LogP contribution is 2.26. The smallest absolute Gasteiger partial charge is 0.193 e. The minimum atomic E-state index is 0.116. The maximum Gasteiger partial charge on any atom is 0.193 e. The van der Waals surface area contributed by atoms with Gasteiger partial charge in [-0.05, 0) is 50.4 Å². The minimum absolute atomic E-state index is 0.116. The molecule has 0 saturated carbocycles. The number of aryl methyl sites for hydroxylation is 2. The summed E-state index contributed by atoms with van der Waals surface area (Å²) in [7, 11) is 1.89. The van der Waals surface area contributed by atoms with Crippen LogP contribution in [0.5, 0.6) is 0 Å². The van der Waals surface area contributed by atoms with Crippen LogP contribution < -0.4 is 5.32 Å². The lowest BCUT2D eigenvalue weighted by Gasteiger charge is -2.36. The quantitative estimate of drug-likeness (QED) is 0.663. The lowest BCUT2D eigenvalue weighted by molar-refractivity contribution is -0.00836. The molecule has 2 aliphatic rings. The predicted octanol–water partition coefficient (Wildman–Crippen LogP) is 2.59. The summed E-state index contributed by atoms with van der Waals surface area (Å²) in [6, 6.07) is 6.63. The highest BCUT2D eigenvalue weighted by atomic mass is 16.5. The maximum absolute atomic E-state index is 6.09. The zero-order valence-electron chi connectivity index (χ0n) is 16.8. The van der Waals surface area contributed by atoms with Crippen molar-refractivity contribution < 1.29 is 4.74 Å². The SMILES string of the molecule is CCN1CCC(CNC(=NC)N2CCOC(c3ccc(C)cc3C)C2)C1. The number of morpholine rings is 1. The fraction of sp³-hybridized carbons (Fsp3) is 0.667. The molecule has 5 heteroatoms. The molecule has 1 aromatic rings. The predicted molar refractivity (Wildman–Crippen MR) is 108 cm³/mol. The van der Waals surface area contributed by atoms with E-state index in [1.165, 1.54) is 36.2 Å². The maximum atomic E-state index is 6.09. The van der Waals surface area contributed by atoms with Gasteiger partial charge >= 0.3 is 0 Å². The van der Waals surface area contributed by atoms with Gasteiger partial charge in [-0.1, -0.05) is 30.7 Å². The van der Waals surface area contributed by atoms with Crippen LogP contribution in [0.4, 0.5) is 0 Å². The summed E-state index contributed by atoms with van der Waals surface area (Å²) in [5.41, 5.74) is 3.91. The summed E-state index contributed by atoms with van der Waals surface area (Å²) in [6.45, 7) is 13.7. The van der Waals surface area contributed by atoms with Crippen molar-refractivity contribution in [3.8, 4) is 0 Å². The van der Waals surface area contributed by atoms with E-state index >= 15 is 0 Å². The Morgan fingerprint density at radius 1 is 1.27 bits per heavy atom. The van der Waals surface area contributed by atoms with E-state index in [9.17, 15) is 0 Å². The number of rotatable bonds is 4. The number of aliphatic imine (C=N–C) groups is 1. The van der Waals surface area contributed by atoms with E-state index in [4.69, 9.17) is 4.74 Å². The van der Waals surface area contributed by atoms with Crippen LogP contribution in [0.2, 0.25) is 0 Å². The van der Waals surface area contributed by atoms with Crippen molar-refractivity contribution in [2.24, 2.45) is 10.9 Å². The highest BCUT2D eigenvalue weighted by molar-refractivity contribution is 5.80. The zero-order valence-corrected chi connectivity index (χ0v) is 16.8. The number of nitrogens with zero attached hydrogens (tertiary/aromatic N) is 3. The Balaban J connectivity index is 1.58. The Kier molecular flexibility index (Phi) is 6.54. The molecule has 0 bridgehead atoms. The monoisotopic (exact) mass is 358 g/mol. The number of hydrogen-bond donors (Lipinski definition) is 1. The highest BCUT2D eigenvalue weighted by Gasteiger charge is 2.26. The molecule has 2 heterocycles. The van der Waals surface area contributed by atoms with Crippen molar-refractivity contribution >= 4 is 5.96 Å². The molecule has 0 spiro atoms. The van der Waals surface area contributed by atoms with Gasteiger partial charge in [-0.3, -0.25) is 4.99 Å². The fourth-order valence-corrected chi connectivity index (χ4v) is 4.15. The molecule has 2 atom stereocenters. The average molecular weight is 359 g/mol. The van der Waals surface area contributed by atoms with Crippen LogP contribution in [-0.4, -0.2) is 68.7 Å². The second kappa shape index (κ2) is 8.87. The van der Waals surface area contributed by atoms with Gasteiger partial charge in [0.25, 0.3) is 0 Å². The molecule has 0 amide bonds. The number of likely N-dealkylation sites (tertiary alicyclic amines) is 1. The Hall–Kier alpha value is -1.59. The van der Waals surface area contributed by atoms with E-state index in [2.05, 4.69) is 59.1 Å². The molecule has 144 valence electrons. The van der Waals surface area contributed by atoms with Crippen LogP contribution in [0.1, 0.15) is 36.1 Å². The van der Waals surface area contributed by atoms with Crippen LogP contribution in [0.3, 0.4) is 0 Å². The van der Waals surface area contributed by atoms with E-state index in [0.717, 1.165) is 44.7 Å². The molecule has 0 aliphatic carbocycles. The summed E-state index contributed by atoms with van der Waals surface area (Å²) in [5.74, 6) is 1.74. The van der Waals surface area contributed by atoms with Gasteiger partial charge in [0, 0.05) is 26.7 Å². The summed E-state index contributed by atoms with van der Waals surface area (Å²) < 4.78 is 6.09. The molecule has 2 saturated heterocycles. The van der Waals surface area contributed by atoms with Crippen LogP contribution in [0.15, 0.2) is 23.2 Å². The summed E-state index contributed by atoms with van der Waals surface area (Å²) >= 11 is 0. The van der Waals surface area contributed by atoms with Gasteiger partial charge < -0.3 is 19.9 Å². The van der Waals surface area contributed by atoms with Gasteiger partial charge in [-0.2, -0.15) is 0 Å². The topological polar surface area (TPSA) is 40.1 Å². The molecule has 26 heavy (non-hydrogen) atoms. The van der Waals surface area contributed by atoms with Crippen molar-refractivity contribution in [3.63, 3.8) is 0 Å². The van der Waals surface area contributed by atoms with Gasteiger partial charge in [-0.15, -0.1) is 0 Å². The second-order valence-corrected chi connectivity index (χ2v) is 7.64. The van der Waals surface area contributed by atoms with Crippen LogP contribution in [0.25, 0.3) is 0 Å². The first-order valence-electron chi connectivity index (χ1n) is 9.97. The molecule has 0 aromatic heterocycles. The van der Waals surface area contributed by atoms with Crippen molar-refractivity contribution in [3.05, 3.63) is 34.9 Å². The van der Waals surface area contributed by atoms with E-state index in [0.29, 0.717) is 0 Å². The number of guanidine groups is 1. The van der Waals surface area contributed by atoms with Gasteiger partial charge in [0.2, 0.25) is 0 Å². The Bertz CT molecular complexity index is 630. The third-order valence-corrected chi connectivity index (χ3v) is 5.72. The summed E-state index contributed by atoms with van der Waals surface area (Å²) in [5, 5.41) is 3.62. The van der Waals surface area contributed by atoms with Gasteiger partial charge in [0.1, 0.15) is 6.10 Å². The Labute approximate surface area is 158 Å². The minimum Gasteiger partial charge on any atom is -0.370 e. The first kappa shape index (κ1) is 19.2. The van der Waals surface area contributed by atoms with E-state index in [-0.39, 0.29) is 6.10 Å². The first-order valence-corrected chi connectivity index (χ1v) is 9.97. The molecule has 1 aromatic carbocycles. The number of hydrogen-bond acceptors (Lipinski definition) is 3. The van der Waals surface area contributed by atoms with Crippen LogP contribution in [0, 0.1) is 19.8 Å². The normalized spacial score (nSPS) is 24.9. The van der Waals surface area contributed by atoms with E-state index in [1.807, 2.05) is 7.05 Å². The Morgan fingerprint density at radius 3 is 2.81 bits per heavy atom. The van der Waals surface area contributed by atoms with E-state index in [1.54, 1.807) is 0 Å². The summed E-state index contributed by atoms with van der Waals surface area (Å²) in [4.78, 5) is 9.41. The molecule has 5 nitrogen and oxygen atoms in total. The standard InChI is InChI=1S/C21H34N4O/c1-5-24-9-8-18(14-24)13-23-21(22-4)25-10-11-26-20(15-25)19-7-6-16(2)12-17(19)3/h6-7,12,18,20H,5,8-11,13-15H2,1-4H3,(H,22,23). The summed E-state index contributed by atoms with van der Waals surface area (Å²) in [6.07, 6.45) is 1.40. The molecule has 2 unspecified atom stereocenters. The number of benzene rings is 1. The van der Waals surface area contributed by atoms with Gasteiger partial charge in [-0.25, -0.2) is 0 Å². The zero-order chi connectivity index (χ0) is 18.5. The second-order valence-electron chi connectivity index (χ2n) is 7.64. The van der Waals surface area contributed by atoms with E-state index < -0.39 is 0 Å².